The lowest BCUT2D eigenvalue weighted by Crippen LogP contribution is -2.39. The van der Waals surface area contributed by atoms with Crippen LogP contribution < -0.4 is 0 Å². The Morgan fingerprint density at radius 1 is 0.462 bits per heavy atom. The maximum Gasteiger partial charge on any atom is 0.681 e. The van der Waals surface area contributed by atoms with Gasteiger partial charge in [0.1, 0.15) is 29.5 Å². The summed E-state index contributed by atoms with van der Waals surface area (Å²) in [5.41, 5.74) is 0. The molecule has 3 aromatic rings. The van der Waals surface area contributed by atoms with Gasteiger partial charge in [-0.1, -0.05) is 28.5 Å². The van der Waals surface area contributed by atoms with Crippen LogP contribution in [0.4, 0.5) is 13.2 Å². The summed E-state index contributed by atoms with van der Waals surface area (Å²) >= 11 is 0. The molecule has 3 heterocycles. The van der Waals surface area contributed by atoms with Gasteiger partial charge in [-0.3, -0.25) is 60.7 Å². The highest BCUT2D eigenvalue weighted by molar-refractivity contribution is 4.84. The van der Waals surface area contributed by atoms with Crippen molar-refractivity contribution in [2.24, 2.45) is 0 Å². The van der Waals surface area contributed by atoms with Gasteiger partial charge >= 0.3 is 35.2 Å². The molecule has 3 aromatic heterocycles. The molecule has 0 unspecified atom stereocenters. The molecule has 33 heteroatoms. The van der Waals surface area contributed by atoms with Crippen molar-refractivity contribution in [2.45, 2.75) is 17.7 Å². The van der Waals surface area contributed by atoms with Gasteiger partial charge < -0.3 is 0 Å². The maximum atomic E-state index is 13.0. The number of hydrogen-bond acceptors (Lipinski definition) is 21. The average molecular weight is 576 g/mol. The Hall–Kier alpha value is -6.60. The zero-order valence-electron chi connectivity index (χ0n) is 17.2. The van der Waals surface area contributed by atoms with Crippen molar-refractivity contribution in [3.05, 3.63) is 78.2 Å². The second kappa shape index (κ2) is 11.4. The minimum Gasteiger partial charge on any atom is -0.256 e. The molecule has 0 saturated heterocycles. The molecular formula is C6H3F3N18O12. The molecule has 0 fully saturated rings. The molecule has 0 aliphatic heterocycles. The summed E-state index contributed by atoms with van der Waals surface area (Å²) in [4.78, 5) is 49.7. The first-order valence-electron chi connectivity index (χ1n) is 8.13. The number of aromatic amines is 3. The van der Waals surface area contributed by atoms with Crippen LogP contribution >= 0.6 is 0 Å². The molecule has 0 aromatic carbocycles. The van der Waals surface area contributed by atoms with Crippen LogP contribution in [0, 0.1) is 60.7 Å². The third-order valence-corrected chi connectivity index (χ3v) is 3.34. The molecule has 0 spiro atoms. The van der Waals surface area contributed by atoms with E-state index in [0.717, 1.165) is 0 Å². The zero-order valence-corrected chi connectivity index (χ0v) is 17.2. The molecule has 39 heavy (non-hydrogen) atoms. The predicted octanol–water partition coefficient (Wildman–Crippen LogP) is -3.50. The Morgan fingerprint density at radius 2 is 0.641 bits per heavy atom. The monoisotopic (exact) mass is 576 g/mol. The van der Waals surface area contributed by atoms with Gasteiger partial charge in [-0.05, 0) is 15.6 Å². The molecule has 3 rings (SSSR count). The van der Waals surface area contributed by atoms with Crippen LogP contribution in [0.1, 0.15) is 17.5 Å². The van der Waals surface area contributed by atoms with E-state index in [4.69, 9.17) is 0 Å². The number of hydrogen-bond donors (Lipinski definition) is 3. The van der Waals surface area contributed by atoms with E-state index in [1.165, 1.54) is 0 Å². The third kappa shape index (κ3) is 5.80. The standard InChI is InChI=1S/3C2HFN6O4/c3*3-2(8(10)11,9(12)13)1-4-6-7-5-1/h3*(H,4,5,6,7). The minimum atomic E-state index is -4.05. The lowest BCUT2D eigenvalue weighted by Gasteiger charge is -2.01. The highest BCUT2D eigenvalue weighted by atomic mass is 19.2. The summed E-state index contributed by atoms with van der Waals surface area (Å²) in [6.45, 7) is 0. The molecule has 30 nitrogen and oxygen atoms in total. The van der Waals surface area contributed by atoms with E-state index in [9.17, 15) is 73.9 Å². The topological polar surface area (TPSA) is 422 Å². The highest BCUT2D eigenvalue weighted by Crippen LogP contribution is 2.24. The quantitative estimate of drug-likeness (QED) is 0.0961. The summed E-state index contributed by atoms with van der Waals surface area (Å²) in [5.74, 6) is -15.9. The fourth-order valence-electron chi connectivity index (χ4n) is 1.58. The van der Waals surface area contributed by atoms with Gasteiger partial charge in [0.05, 0.1) is 0 Å². The first kappa shape index (κ1) is 30.4. The van der Waals surface area contributed by atoms with Crippen molar-refractivity contribution < 1.29 is 42.7 Å². The second-order valence-corrected chi connectivity index (χ2v) is 5.51. The van der Waals surface area contributed by atoms with Crippen molar-refractivity contribution in [3.8, 4) is 0 Å². The number of halogens is 3. The van der Waals surface area contributed by atoms with Gasteiger partial charge in [-0.15, -0.1) is 15.3 Å². The maximum absolute atomic E-state index is 13.0. The van der Waals surface area contributed by atoms with E-state index < -0.39 is 64.8 Å². The SMILES string of the molecule is O=[N+]([O-])C(F)(c1nn[nH]n1)[N+](=O)[O-].O=[N+]([O-])C(F)(c1nn[nH]n1)[N+](=O)[O-].O=[N+]([O-])C(F)(c1nn[nH]n1)[N+](=O)[O-]. The van der Waals surface area contributed by atoms with Gasteiger partial charge in [0, 0.05) is 0 Å². The normalized spacial score (nSPS) is 11.2. The van der Waals surface area contributed by atoms with E-state index in [1.807, 2.05) is 0 Å². The number of tetrazole rings is 3. The first-order chi connectivity index (χ1) is 18.0. The van der Waals surface area contributed by atoms with Crippen LogP contribution in [0.5, 0.6) is 0 Å². The number of nitrogens with zero attached hydrogens (tertiary/aromatic N) is 15. The van der Waals surface area contributed by atoms with Gasteiger partial charge in [-0.25, -0.2) is 0 Å². The minimum absolute atomic E-state index is 1.25. The molecule has 0 aliphatic rings. The molecule has 3 N–H and O–H groups in total. The lowest BCUT2D eigenvalue weighted by molar-refractivity contribution is -0.847. The van der Waals surface area contributed by atoms with Crippen LogP contribution in [-0.2, 0) is 17.7 Å². The Kier molecular flexibility index (Phi) is 8.91. The van der Waals surface area contributed by atoms with E-state index in [0.29, 0.717) is 0 Å². The lowest BCUT2D eigenvalue weighted by atomic mass is 10.4. The second-order valence-electron chi connectivity index (χ2n) is 5.51. The van der Waals surface area contributed by atoms with Gasteiger partial charge in [0.2, 0.25) is 0 Å². The van der Waals surface area contributed by atoms with Crippen molar-refractivity contribution in [3.63, 3.8) is 0 Å². The third-order valence-electron chi connectivity index (χ3n) is 3.34. The summed E-state index contributed by atoms with van der Waals surface area (Å²) in [6, 6.07) is 0. The van der Waals surface area contributed by atoms with E-state index >= 15 is 0 Å². The first-order valence-corrected chi connectivity index (χ1v) is 8.13. The van der Waals surface area contributed by atoms with Crippen LogP contribution in [0.3, 0.4) is 0 Å². The smallest absolute Gasteiger partial charge is 0.256 e. The Morgan fingerprint density at radius 3 is 0.744 bits per heavy atom. The highest BCUT2D eigenvalue weighted by Gasteiger charge is 2.66. The molecule has 0 bridgehead atoms. The fourth-order valence-corrected chi connectivity index (χ4v) is 1.58. The number of nitro groups is 6. The number of aromatic nitrogens is 12. The van der Waals surface area contributed by atoms with Crippen molar-refractivity contribution >= 4 is 0 Å². The summed E-state index contributed by atoms with van der Waals surface area (Å²) in [6.07, 6.45) is 0. The largest absolute Gasteiger partial charge is 0.681 e. The van der Waals surface area contributed by atoms with E-state index in [1.54, 1.807) is 15.6 Å². The van der Waals surface area contributed by atoms with Gasteiger partial charge in [0.15, 0.2) is 0 Å². The van der Waals surface area contributed by atoms with Crippen molar-refractivity contribution in [1.82, 2.24) is 61.9 Å². The number of H-pyrrole nitrogens is 3. The van der Waals surface area contributed by atoms with E-state index in [-0.39, 0.29) is 0 Å². The van der Waals surface area contributed by atoms with Crippen LogP contribution in [0.25, 0.3) is 0 Å². The summed E-state index contributed by atoms with van der Waals surface area (Å²) in [7, 11) is 0. The number of alkyl halides is 3. The van der Waals surface area contributed by atoms with Crippen LogP contribution in [-0.4, -0.2) is 91.4 Å². The summed E-state index contributed by atoms with van der Waals surface area (Å²) < 4.78 is 39.1. The Labute approximate surface area is 201 Å². The van der Waals surface area contributed by atoms with Crippen LogP contribution in [0.2, 0.25) is 0 Å². The molecular weight excluding hydrogens is 573 g/mol. The molecule has 0 amide bonds. The molecule has 0 radical (unpaired) electrons. The Balaban J connectivity index is 0.000000292. The Bertz CT molecular complexity index is 1120. The van der Waals surface area contributed by atoms with Crippen molar-refractivity contribution in [1.29, 1.82) is 0 Å². The number of rotatable bonds is 9. The van der Waals surface area contributed by atoms with Crippen LogP contribution in [0.15, 0.2) is 0 Å². The molecule has 0 atom stereocenters. The van der Waals surface area contributed by atoms with E-state index in [2.05, 4.69) is 46.2 Å². The molecule has 0 saturated carbocycles. The summed E-state index contributed by atoms with van der Waals surface area (Å²) in [5, 5.41) is 90.4. The predicted molar refractivity (Wildman–Crippen MR) is 92.9 cm³/mol. The molecule has 210 valence electrons. The fraction of sp³-hybridized carbons (Fsp3) is 0.500. The number of nitrogens with one attached hydrogen (secondary N) is 3. The zero-order chi connectivity index (χ0) is 30.2. The molecule has 0 aliphatic carbocycles. The van der Waals surface area contributed by atoms with Crippen molar-refractivity contribution in [2.75, 3.05) is 0 Å². The average Bonchev–Trinajstić information content (AvgIpc) is 3.65. The van der Waals surface area contributed by atoms with Gasteiger partial charge in [-0.2, -0.15) is 15.6 Å². The van der Waals surface area contributed by atoms with Gasteiger partial charge in [0.25, 0.3) is 0 Å².